The van der Waals surface area contributed by atoms with Crippen molar-refractivity contribution in [2.45, 2.75) is 51.4 Å². The molecule has 0 radical (unpaired) electrons. The number of hydrogen-bond acceptors (Lipinski definition) is 4. The standard InChI is InChI=1S/2C13H19FO2/c2*14-13-6-4-11(5-7-13)9-12(10-16)3-1-2-8-15/h2*4-7,12,15-16H,1-3,8-10H2/t2*12-/m10/s1. The average molecular weight is 453 g/mol. The van der Waals surface area contributed by atoms with Gasteiger partial charge in [-0.25, -0.2) is 8.78 Å². The summed E-state index contributed by atoms with van der Waals surface area (Å²) in [4.78, 5) is 0. The van der Waals surface area contributed by atoms with Gasteiger partial charge in [-0.15, -0.1) is 0 Å². The van der Waals surface area contributed by atoms with Crippen LogP contribution >= 0.6 is 0 Å². The van der Waals surface area contributed by atoms with Crippen LogP contribution in [0.3, 0.4) is 0 Å². The summed E-state index contributed by atoms with van der Waals surface area (Å²) >= 11 is 0. The third-order valence-corrected chi connectivity index (χ3v) is 5.43. The highest BCUT2D eigenvalue weighted by atomic mass is 19.1. The smallest absolute Gasteiger partial charge is 0.123 e. The molecule has 2 aromatic carbocycles. The van der Waals surface area contributed by atoms with Gasteiger partial charge in [-0.1, -0.05) is 37.1 Å². The Morgan fingerprint density at radius 3 is 1.16 bits per heavy atom. The van der Waals surface area contributed by atoms with E-state index >= 15 is 0 Å². The Kier molecular flexibility index (Phi) is 15.6. The molecule has 180 valence electrons. The lowest BCUT2D eigenvalue weighted by Gasteiger charge is -2.13. The van der Waals surface area contributed by atoms with Gasteiger partial charge in [-0.2, -0.15) is 0 Å². The highest BCUT2D eigenvalue weighted by Gasteiger charge is 2.09. The molecule has 0 aromatic heterocycles. The van der Waals surface area contributed by atoms with Crippen LogP contribution in [0.15, 0.2) is 48.5 Å². The monoisotopic (exact) mass is 452 g/mol. The first-order valence-electron chi connectivity index (χ1n) is 11.4. The molecule has 2 aromatic rings. The van der Waals surface area contributed by atoms with Gasteiger partial charge in [0.25, 0.3) is 0 Å². The van der Waals surface area contributed by atoms with Gasteiger partial charge in [-0.3, -0.25) is 0 Å². The largest absolute Gasteiger partial charge is 0.396 e. The van der Waals surface area contributed by atoms with Gasteiger partial charge < -0.3 is 20.4 Å². The normalized spacial score (nSPS) is 12.7. The van der Waals surface area contributed by atoms with Crippen molar-refractivity contribution < 1.29 is 29.2 Å². The van der Waals surface area contributed by atoms with Crippen LogP contribution in [-0.4, -0.2) is 46.9 Å². The summed E-state index contributed by atoms with van der Waals surface area (Å²) in [6, 6.07) is 12.8. The number of rotatable bonds is 14. The Morgan fingerprint density at radius 1 is 0.531 bits per heavy atom. The van der Waals surface area contributed by atoms with Gasteiger partial charge in [0.2, 0.25) is 0 Å². The Morgan fingerprint density at radius 2 is 0.875 bits per heavy atom. The number of benzene rings is 2. The third-order valence-electron chi connectivity index (χ3n) is 5.43. The van der Waals surface area contributed by atoms with Crippen molar-refractivity contribution in [2.75, 3.05) is 26.4 Å². The van der Waals surface area contributed by atoms with Gasteiger partial charge in [0.1, 0.15) is 11.6 Å². The van der Waals surface area contributed by atoms with Gasteiger partial charge in [0.15, 0.2) is 0 Å². The zero-order valence-corrected chi connectivity index (χ0v) is 18.8. The molecule has 0 saturated heterocycles. The molecule has 32 heavy (non-hydrogen) atoms. The highest BCUT2D eigenvalue weighted by Crippen LogP contribution is 2.16. The Labute approximate surface area is 190 Å². The first kappa shape index (κ1) is 28.2. The Hall–Kier alpha value is -1.86. The van der Waals surface area contributed by atoms with Crippen LogP contribution in [0.1, 0.15) is 49.7 Å². The van der Waals surface area contributed by atoms with Crippen LogP contribution < -0.4 is 0 Å². The molecule has 2 atom stereocenters. The molecule has 0 aliphatic rings. The quantitative estimate of drug-likeness (QED) is 0.323. The first-order valence-corrected chi connectivity index (χ1v) is 11.4. The second-order valence-corrected chi connectivity index (χ2v) is 8.20. The molecule has 0 fully saturated rings. The fraction of sp³-hybridized carbons (Fsp3) is 0.538. The number of halogens is 2. The van der Waals surface area contributed by atoms with Crippen LogP contribution in [-0.2, 0) is 12.8 Å². The van der Waals surface area contributed by atoms with Crippen LogP contribution in [0.25, 0.3) is 0 Å². The van der Waals surface area contributed by atoms with Crippen molar-refractivity contribution in [3.05, 3.63) is 71.3 Å². The van der Waals surface area contributed by atoms with Crippen molar-refractivity contribution in [3.8, 4) is 0 Å². The van der Waals surface area contributed by atoms with Crippen molar-refractivity contribution in [3.63, 3.8) is 0 Å². The average Bonchev–Trinajstić information content (AvgIpc) is 2.81. The van der Waals surface area contributed by atoms with E-state index in [2.05, 4.69) is 0 Å². The fourth-order valence-electron chi connectivity index (χ4n) is 3.51. The van der Waals surface area contributed by atoms with E-state index in [0.717, 1.165) is 62.5 Å². The molecule has 4 N–H and O–H groups in total. The predicted molar refractivity (Wildman–Crippen MR) is 123 cm³/mol. The van der Waals surface area contributed by atoms with Gasteiger partial charge in [0.05, 0.1) is 0 Å². The molecule has 0 unspecified atom stereocenters. The SMILES string of the molecule is OCCCC[C@@H](CO)Cc1ccc(F)cc1.OCCCC[C@H](CO)Cc1ccc(F)cc1. The second-order valence-electron chi connectivity index (χ2n) is 8.20. The van der Waals surface area contributed by atoms with Gasteiger partial charge in [0, 0.05) is 26.4 Å². The molecule has 2 rings (SSSR count). The summed E-state index contributed by atoms with van der Waals surface area (Å²) in [5, 5.41) is 35.7. The van der Waals surface area contributed by atoms with E-state index in [0.29, 0.717) is 0 Å². The molecule has 0 aliphatic heterocycles. The van der Waals surface area contributed by atoms with E-state index in [1.165, 1.54) is 24.3 Å². The molecule has 4 nitrogen and oxygen atoms in total. The predicted octanol–water partition coefficient (Wildman–Crippen LogP) is 4.28. The van der Waals surface area contributed by atoms with Crippen LogP contribution in [0, 0.1) is 23.5 Å². The summed E-state index contributed by atoms with van der Waals surface area (Å²) < 4.78 is 25.4. The van der Waals surface area contributed by atoms with E-state index in [4.69, 9.17) is 10.2 Å². The molecule has 0 spiro atoms. The van der Waals surface area contributed by atoms with Crippen molar-refractivity contribution >= 4 is 0 Å². The number of unbranched alkanes of at least 4 members (excludes halogenated alkanes) is 2. The topological polar surface area (TPSA) is 80.9 Å². The van der Waals surface area contributed by atoms with E-state index in [-0.39, 0.29) is 49.9 Å². The first-order chi connectivity index (χ1) is 15.5. The van der Waals surface area contributed by atoms with Gasteiger partial charge in [-0.05, 0) is 85.8 Å². The molecule has 0 heterocycles. The summed E-state index contributed by atoms with van der Waals surface area (Å²) in [6.45, 7) is 0.689. The van der Waals surface area contributed by atoms with Crippen LogP contribution in [0.4, 0.5) is 8.78 Å². The number of aliphatic hydroxyl groups is 4. The Balaban J connectivity index is 0.000000320. The maximum absolute atomic E-state index is 12.7. The fourth-order valence-corrected chi connectivity index (χ4v) is 3.51. The molecule has 0 bridgehead atoms. The van der Waals surface area contributed by atoms with Crippen LogP contribution in [0.5, 0.6) is 0 Å². The van der Waals surface area contributed by atoms with Crippen LogP contribution in [0.2, 0.25) is 0 Å². The summed E-state index contributed by atoms with van der Waals surface area (Å²) in [7, 11) is 0. The zero-order valence-electron chi connectivity index (χ0n) is 18.8. The number of aliphatic hydroxyl groups excluding tert-OH is 4. The summed E-state index contributed by atoms with van der Waals surface area (Å²) in [5.74, 6) is -0.0526. The van der Waals surface area contributed by atoms with Crippen molar-refractivity contribution in [1.29, 1.82) is 0 Å². The highest BCUT2D eigenvalue weighted by molar-refractivity contribution is 5.17. The molecular weight excluding hydrogens is 414 g/mol. The Bertz CT molecular complexity index is 630. The minimum absolute atomic E-state index is 0.142. The lowest BCUT2D eigenvalue weighted by Crippen LogP contribution is -2.10. The second kappa shape index (κ2) is 17.7. The molecule has 6 heteroatoms. The van der Waals surface area contributed by atoms with Gasteiger partial charge >= 0.3 is 0 Å². The zero-order chi connectivity index (χ0) is 23.6. The van der Waals surface area contributed by atoms with E-state index < -0.39 is 0 Å². The maximum Gasteiger partial charge on any atom is 0.123 e. The number of hydrogen-bond donors (Lipinski definition) is 4. The molecule has 0 saturated carbocycles. The van der Waals surface area contributed by atoms with E-state index in [1.54, 1.807) is 24.3 Å². The summed E-state index contributed by atoms with van der Waals surface area (Å²) in [5.41, 5.74) is 2.09. The van der Waals surface area contributed by atoms with Crippen molar-refractivity contribution in [1.82, 2.24) is 0 Å². The van der Waals surface area contributed by atoms with Crippen molar-refractivity contribution in [2.24, 2.45) is 11.8 Å². The molecule has 0 amide bonds. The summed E-state index contributed by atoms with van der Waals surface area (Å²) in [6.07, 6.45) is 6.72. The van der Waals surface area contributed by atoms with E-state index in [1.807, 2.05) is 0 Å². The minimum atomic E-state index is -0.232. The molecule has 0 aliphatic carbocycles. The lowest BCUT2D eigenvalue weighted by molar-refractivity contribution is 0.209. The van der Waals surface area contributed by atoms with E-state index in [9.17, 15) is 19.0 Å². The maximum atomic E-state index is 12.7. The lowest BCUT2D eigenvalue weighted by atomic mass is 9.95. The molecular formula is C26H38F2O4. The third kappa shape index (κ3) is 12.9. The minimum Gasteiger partial charge on any atom is -0.396 e.